The van der Waals surface area contributed by atoms with Gasteiger partial charge in [0.2, 0.25) is 0 Å². The second kappa shape index (κ2) is 5.82. The van der Waals surface area contributed by atoms with E-state index in [9.17, 15) is 4.79 Å². The standard InChI is InChI=1S/C17H21N3O/c18-12-17(9-4-1-5-10-17)20-16(21)14-8-11-19-15-7-3-2-6-13(14)15/h2-3,6-8,11H,1,4-5,9-10,12,18H2,(H,20,21). The zero-order valence-corrected chi connectivity index (χ0v) is 12.1. The number of hydrogen-bond acceptors (Lipinski definition) is 3. The molecule has 0 saturated heterocycles. The predicted molar refractivity (Wildman–Crippen MR) is 84.1 cm³/mol. The number of aromatic nitrogens is 1. The molecular formula is C17H21N3O. The van der Waals surface area contributed by atoms with Crippen LogP contribution in [0.15, 0.2) is 36.5 Å². The highest BCUT2D eigenvalue weighted by Gasteiger charge is 2.32. The third-order valence-electron chi connectivity index (χ3n) is 4.47. The second-order valence-electron chi connectivity index (χ2n) is 5.87. The van der Waals surface area contributed by atoms with Gasteiger partial charge in [0.25, 0.3) is 5.91 Å². The molecule has 2 aromatic rings. The molecule has 4 nitrogen and oxygen atoms in total. The molecule has 1 saturated carbocycles. The van der Waals surface area contributed by atoms with Gasteiger partial charge in [-0.15, -0.1) is 0 Å². The predicted octanol–water partition coefficient (Wildman–Crippen LogP) is 2.63. The third-order valence-corrected chi connectivity index (χ3v) is 4.47. The minimum absolute atomic E-state index is 0.0408. The van der Waals surface area contributed by atoms with E-state index in [1.165, 1.54) is 6.42 Å². The summed E-state index contributed by atoms with van der Waals surface area (Å²) >= 11 is 0. The van der Waals surface area contributed by atoms with Crippen LogP contribution < -0.4 is 11.1 Å². The smallest absolute Gasteiger partial charge is 0.252 e. The van der Waals surface area contributed by atoms with Crippen molar-refractivity contribution in [3.63, 3.8) is 0 Å². The first kappa shape index (κ1) is 14.0. The van der Waals surface area contributed by atoms with Crippen molar-refractivity contribution in [2.45, 2.75) is 37.6 Å². The first-order valence-corrected chi connectivity index (χ1v) is 7.60. The van der Waals surface area contributed by atoms with E-state index in [0.29, 0.717) is 12.1 Å². The van der Waals surface area contributed by atoms with Crippen LogP contribution in [-0.4, -0.2) is 23.0 Å². The number of rotatable bonds is 3. The lowest BCUT2D eigenvalue weighted by Gasteiger charge is -2.37. The van der Waals surface area contributed by atoms with Gasteiger partial charge in [-0.05, 0) is 25.0 Å². The average Bonchev–Trinajstić information content (AvgIpc) is 2.55. The van der Waals surface area contributed by atoms with Gasteiger partial charge in [0.15, 0.2) is 0 Å². The topological polar surface area (TPSA) is 68.0 Å². The normalized spacial score (nSPS) is 17.6. The number of para-hydroxylation sites is 1. The molecule has 0 unspecified atom stereocenters. The van der Waals surface area contributed by atoms with Crippen molar-refractivity contribution in [3.05, 3.63) is 42.1 Å². The third kappa shape index (κ3) is 2.76. The summed E-state index contributed by atoms with van der Waals surface area (Å²) in [7, 11) is 0. The Morgan fingerprint density at radius 3 is 2.71 bits per heavy atom. The van der Waals surface area contributed by atoms with E-state index in [1.54, 1.807) is 12.3 Å². The van der Waals surface area contributed by atoms with Gasteiger partial charge in [0.1, 0.15) is 0 Å². The van der Waals surface area contributed by atoms with Crippen LogP contribution in [0.5, 0.6) is 0 Å². The molecule has 0 radical (unpaired) electrons. The van der Waals surface area contributed by atoms with E-state index in [4.69, 9.17) is 5.73 Å². The van der Waals surface area contributed by atoms with Gasteiger partial charge >= 0.3 is 0 Å². The molecule has 1 aliphatic carbocycles. The average molecular weight is 283 g/mol. The quantitative estimate of drug-likeness (QED) is 0.910. The Morgan fingerprint density at radius 2 is 1.95 bits per heavy atom. The monoisotopic (exact) mass is 283 g/mol. The van der Waals surface area contributed by atoms with E-state index in [1.807, 2.05) is 24.3 Å². The number of benzene rings is 1. The summed E-state index contributed by atoms with van der Waals surface area (Å²) in [5.41, 5.74) is 7.24. The first-order valence-electron chi connectivity index (χ1n) is 7.60. The summed E-state index contributed by atoms with van der Waals surface area (Å²) in [6, 6.07) is 9.50. The van der Waals surface area contributed by atoms with Crippen molar-refractivity contribution in [3.8, 4) is 0 Å². The summed E-state index contributed by atoms with van der Waals surface area (Å²) < 4.78 is 0. The summed E-state index contributed by atoms with van der Waals surface area (Å²) in [5.74, 6) is -0.0408. The largest absolute Gasteiger partial charge is 0.345 e. The number of pyridine rings is 1. The van der Waals surface area contributed by atoms with Crippen molar-refractivity contribution in [2.75, 3.05) is 6.54 Å². The number of carbonyl (C=O) groups is 1. The Morgan fingerprint density at radius 1 is 1.19 bits per heavy atom. The van der Waals surface area contributed by atoms with Gasteiger partial charge in [-0.3, -0.25) is 9.78 Å². The highest BCUT2D eigenvalue weighted by molar-refractivity contribution is 6.06. The number of fused-ring (bicyclic) bond motifs is 1. The second-order valence-corrected chi connectivity index (χ2v) is 5.87. The van der Waals surface area contributed by atoms with Crippen LogP contribution in [0.4, 0.5) is 0 Å². The highest BCUT2D eigenvalue weighted by Crippen LogP contribution is 2.28. The van der Waals surface area contributed by atoms with Crippen LogP contribution in [0.2, 0.25) is 0 Å². The number of hydrogen-bond donors (Lipinski definition) is 2. The Balaban J connectivity index is 1.90. The van der Waals surface area contributed by atoms with Gasteiger partial charge in [0.05, 0.1) is 16.6 Å². The summed E-state index contributed by atoms with van der Waals surface area (Å²) in [6.07, 6.45) is 7.13. The molecule has 0 atom stereocenters. The Labute approximate surface area is 124 Å². The molecule has 110 valence electrons. The lowest BCUT2D eigenvalue weighted by molar-refractivity contribution is 0.0876. The molecule has 3 N–H and O–H groups in total. The van der Waals surface area contributed by atoms with Gasteiger partial charge < -0.3 is 11.1 Å². The highest BCUT2D eigenvalue weighted by atomic mass is 16.1. The maximum absolute atomic E-state index is 12.7. The van der Waals surface area contributed by atoms with E-state index in [0.717, 1.165) is 36.6 Å². The fraction of sp³-hybridized carbons (Fsp3) is 0.412. The number of nitrogens with two attached hydrogens (primary N) is 1. The molecule has 1 heterocycles. The first-order chi connectivity index (χ1) is 10.2. The Bertz CT molecular complexity index is 642. The van der Waals surface area contributed by atoms with Crippen molar-refractivity contribution < 1.29 is 4.79 Å². The summed E-state index contributed by atoms with van der Waals surface area (Å²) in [4.78, 5) is 17.0. The van der Waals surface area contributed by atoms with Gasteiger partial charge in [-0.25, -0.2) is 0 Å². The number of nitrogens with zero attached hydrogens (tertiary/aromatic N) is 1. The maximum atomic E-state index is 12.7. The van der Waals surface area contributed by atoms with Crippen molar-refractivity contribution in [1.82, 2.24) is 10.3 Å². The zero-order chi connectivity index (χ0) is 14.7. The van der Waals surface area contributed by atoms with Crippen LogP contribution in [0.25, 0.3) is 10.9 Å². The van der Waals surface area contributed by atoms with Crippen LogP contribution in [-0.2, 0) is 0 Å². The molecule has 1 fully saturated rings. The van der Waals surface area contributed by atoms with Crippen LogP contribution in [0.3, 0.4) is 0 Å². The molecule has 4 heteroatoms. The molecule has 0 aliphatic heterocycles. The number of nitrogens with one attached hydrogen (secondary N) is 1. The summed E-state index contributed by atoms with van der Waals surface area (Å²) in [5, 5.41) is 4.09. The molecule has 0 spiro atoms. The number of carbonyl (C=O) groups excluding carboxylic acids is 1. The lowest BCUT2D eigenvalue weighted by atomic mass is 9.81. The van der Waals surface area contributed by atoms with E-state index in [2.05, 4.69) is 10.3 Å². The Kier molecular flexibility index (Phi) is 3.88. The van der Waals surface area contributed by atoms with Crippen molar-refractivity contribution in [2.24, 2.45) is 5.73 Å². The van der Waals surface area contributed by atoms with Crippen LogP contribution >= 0.6 is 0 Å². The molecule has 1 aromatic heterocycles. The molecule has 1 aliphatic rings. The zero-order valence-electron chi connectivity index (χ0n) is 12.1. The van der Waals surface area contributed by atoms with E-state index < -0.39 is 0 Å². The van der Waals surface area contributed by atoms with Gasteiger partial charge in [-0.1, -0.05) is 37.5 Å². The van der Waals surface area contributed by atoms with E-state index in [-0.39, 0.29) is 11.4 Å². The molecule has 0 bridgehead atoms. The van der Waals surface area contributed by atoms with E-state index >= 15 is 0 Å². The molecule has 21 heavy (non-hydrogen) atoms. The van der Waals surface area contributed by atoms with Crippen LogP contribution in [0.1, 0.15) is 42.5 Å². The fourth-order valence-electron chi connectivity index (χ4n) is 3.21. The molecule has 1 aromatic carbocycles. The fourth-order valence-corrected chi connectivity index (χ4v) is 3.21. The SMILES string of the molecule is NCC1(NC(=O)c2ccnc3ccccc23)CCCCC1. The molecular weight excluding hydrogens is 262 g/mol. The minimum Gasteiger partial charge on any atom is -0.345 e. The lowest BCUT2D eigenvalue weighted by Crippen LogP contribution is -2.54. The number of amides is 1. The summed E-state index contributed by atoms with van der Waals surface area (Å²) in [6.45, 7) is 0.502. The minimum atomic E-state index is -0.236. The van der Waals surface area contributed by atoms with Gasteiger partial charge in [0, 0.05) is 18.1 Å². The molecule has 1 amide bonds. The van der Waals surface area contributed by atoms with Crippen molar-refractivity contribution >= 4 is 16.8 Å². The van der Waals surface area contributed by atoms with Gasteiger partial charge in [-0.2, -0.15) is 0 Å². The molecule has 3 rings (SSSR count). The van der Waals surface area contributed by atoms with Crippen molar-refractivity contribution in [1.29, 1.82) is 0 Å². The maximum Gasteiger partial charge on any atom is 0.252 e. The Hall–Kier alpha value is -1.94. The van der Waals surface area contributed by atoms with Crippen LogP contribution in [0, 0.1) is 0 Å².